The van der Waals surface area contributed by atoms with E-state index < -0.39 is 0 Å². The molecule has 8 heteroatoms. The minimum absolute atomic E-state index is 0.128. The lowest BCUT2D eigenvalue weighted by molar-refractivity contribution is -0.578. The van der Waals surface area contributed by atoms with Gasteiger partial charge in [0.1, 0.15) is 11.1 Å². The van der Waals surface area contributed by atoms with E-state index in [1.54, 1.807) is 23.9 Å². The van der Waals surface area contributed by atoms with E-state index in [1.807, 2.05) is 24.3 Å². The van der Waals surface area contributed by atoms with E-state index in [0.717, 1.165) is 11.3 Å². The average Bonchev–Trinajstić information content (AvgIpc) is 3.15. The molecule has 0 unspecified atom stereocenters. The van der Waals surface area contributed by atoms with E-state index in [2.05, 4.69) is 15.1 Å². The molecule has 0 saturated heterocycles. The van der Waals surface area contributed by atoms with Crippen molar-refractivity contribution in [2.45, 2.75) is 13.2 Å². The molecule has 3 aromatic rings. The Kier molecular flexibility index (Phi) is 3.73. The molecule has 2 aromatic heterocycles. The zero-order valence-corrected chi connectivity index (χ0v) is 13.6. The van der Waals surface area contributed by atoms with Crippen LogP contribution in [0.4, 0.5) is 0 Å². The molecule has 0 bridgehead atoms. The van der Waals surface area contributed by atoms with Crippen LogP contribution in [0.25, 0.3) is 11.0 Å². The Hall–Kier alpha value is -3.13. The van der Waals surface area contributed by atoms with Gasteiger partial charge in [0, 0.05) is 6.20 Å². The third kappa shape index (κ3) is 2.56. The molecule has 1 aliphatic heterocycles. The number of hydrogen-bond acceptors (Lipinski definition) is 6. The van der Waals surface area contributed by atoms with Gasteiger partial charge in [-0.2, -0.15) is 0 Å². The van der Waals surface area contributed by atoms with Crippen LogP contribution in [-0.2, 0) is 13.2 Å². The molecule has 0 amide bonds. The predicted molar refractivity (Wildman–Crippen MR) is 88.1 cm³/mol. The summed E-state index contributed by atoms with van der Waals surface area (Å²) in [6.45, 7) is 0.429. The number of aliphatic hydroxyl groups excluding tert-OH is 1. The number of nitrogens with zero attached hydrogens (tertiary/aromatic N) is 5. The van der Waals surface area contributed by atoms with E-state index in [4.69, 9.17) is 4.74 Å². The number of benzene rings is 1. The number of hydrogen-bond donors (Lipinski definition) is 1. The third-order valence-electron chi connectivity index (χ3n) is 4.14. The summed E-state index contributed by atoms with van der Waals surface area (Å²) in [6.07, 6.45) is 1.56. The third-order valence-corrected chi connectivity index (χ3v) is 4.14. The smallest absolute Gasteiger partial charge is 0.469 e. The minimum Gasteiger partial charge on any atom is -0.497 e. The highest BCUT2D eigenvalue weighted by molar-refractivity contribution is 5.73. The Labute approximate surface area is 142 Å². The maximum atomic E-state index is 12.8. The number of aliphatic hydroxyl groups is 1. The molecule has 0 radical (unpaired) electrons. The first kappa shape index (κ1) is 15.4. The van der Waals surface area contributed by atoms with Gasteiger partial charge in [-0.05, 0) is 29.3 Å². The summed E-state index contributed by atoms with van der Waals surface area (Å²) in [7, 11) is 1.61. The maximum Gasteiger partial charge on any atom is 0.469 e. The van der Waals surface area contributed by atoms with E-state index in [0.29, 0.717) is 28.6 Å². The zero-order valence-electron chi connectivity index (χ0n) is 13.6. The Morgan fingerprint density at radius 2 is 2.08 bits per heavy atom. The molecule has 1 aromatic carbocycles. The molecule has 4 rings (SSSR count). The van der Waals surface area contributed by atoms with Gasteiger partial charge < -0.3 is 9.84 Å². The molecule has 0 fully saturated rings. The minimum atomic E-state index is -0.288. The first-order chi connectivity index (χ1) is 12.2. The molecule has 126 valence electrons. The van der Waals surface area contributed by atoms with Crippen LogP contribution in [0.2, 0.25) is 0 Å². The summed E-state index contributed by atoms with van der Waals surface area (Å²) in [5.41, 5.74) is 2.31. The van der Waals surface area contributed by atoms with Crippen molar-refractivity contribution in [3.8, 4) is 5.75 Å². The second kappa shape index (κ2) is 6.06. The topological polar surface area (TPSA) is 95.0 Å². The highest BCUT2D eigenvalue weighted by Gasteiger charge is 2.21. The van der Waals surface area contributed by atoms with E-state index in [1.165, 1.54) is 4.36 Å². The summed E-state index contributed by atoms with van der Waals surface area (Å²) in [5.74, 6) is 0.754. The van der Waals surface area contributed by atoms with Gasteiger partial charge in [-0.15, -0.1) is 4.99 Å². The zero-order chi connectivity index (χ0) is 17.4. The molecule has 8 nitrogen and oxygen atoms in total. The summed E-state index contributed by atoms with van der Waals surface area (Å²) in [4.78, 5) is 21.5. The van der Waals surface area contributed by atoms with Gasteiger partial charge in [-0.25, -0.2) is 14.3 Å². The van der Waals surface area contributed by atoms with Gasteiger partial charge in [0.2, 0.25) is 12.3 Å². The van der Waals surface area contributed by atoms with Gasteiger partial charge in [0.15, 0.2) is 0 Å². The molecular weight excluding hydrogens is 322 g/mol. The first-order valence-electron chi connectivity index (χ1n) is 7.78. The molecule has 25 heavy (non-hydrogen) atoms. The number of aromatic nitrogens is 3. The molecule has 1 N–H and O–H groups in total. The SMILES string of the molecule is COc1ccc(Cn2c(=O)[n+]3c(c4cc(CO)cnc42)=NCN=3)cc1. The summed E-state index contributed by atoms with van der Waals surface area (Å²) in [6, 6.07) is 9.29. The monoisotopic (exact) mass is 338 g/mol. The van der Waals surface area contributed by atoms with Crippen LogP contribution < -0.4 is 20.3 Å². The quantitative estimate of drug-likeness (QED) is 0.670. The van der Waals surface area contributed by atoms with Gasteiger partial charge in [0.25, 0.3) is 5.49 Å². The lowest BCUT2D eigenvalue weighted by Crippen LogP contribution is -2.53. The number of fused-ring (bicyclic) bond motifs is 3. The largest absolute Gasteiger partial charge is 0.497 e. The van der Waals surface area contributed by atoms with Gasteiger partial charge in [-0.1, -0.05) is 21.6 Å². The second-order valence-electron chi connectivity index (χ2n) is 5.67. The van der Waals surface area contributed by atoms with Crippen molar-refractivity contribution in [3.63, 3.8) is 0 Å². The Morgan fingerprint density at radius 3 is 2.80 bits per heavy atom. The van der Waals surface area contributed by atoms with Crippen molar-refractivity contribution in [2.24, 2.45) is 10.1 Å². The van der Waals surface area contributed by atoms with Crippen molar-refractivity contribution < 1.29 is 14.2 Å². The van der Waals surface area contributed by atoms with Crippen LogP contribution in [0.3, 0.4) is 0 Å². The predicted octanol–water partition coefficient (Wildman–Crippen LogP) is -0.144. The summed E-state index contributed by atoms with van der Waals surface area (Å²) >= 11 is 0. The van der Waals surface area contributed by atoms with Crippen LogP contribution in [-0.4, -0.2) is 28.4 Å². The Bertz CT molecular complexity index is 1140. The van der Waals surface area contributed by atoms with Crippen LogP contribution >= 0.6 is 0 Å². The molecule has 0 aliphatic carbocycles. The van der Waals surface area contributed by atoms with Gasteiger partial charge >= 0.3 is 5.69 Å². The lowest BCUT2D eigenvalue weighted by Gasteiger charge is -2.06. The average molecular weight is 338 g/mol. The molecule has 0 spiro atoms. The van der Waals surface area contributed by atoms with E-state index in [-0.39, 0.29) is 19.0 Å². The second-order valence-corrected chi connectivity index (χ2v) is 5.67. The van der Waals surface area contributed by atoms with Crippen LogP contribution in [0.15, 0.2) is 51.4 Å². The van der Waals surface area contributed by atoms with Crippen molar-refractivity contribution in [2.75, 3.05) is 13.8 Å². The molecular formula is C17H16N5O3+. The van der Waals surface area contributed by atoms with Crippen molar-refractivity contribution in [3.05, 3.63) is 63.6 Å². The number of methoxy groups -OCH3 is 1. The normalized spacial score (nSPS) is 12.6. The van der Waals surface area contributed by atoms with Crippen LogP contribution in [0.5, 0.6) is 5.75 Å². The Morgan fingerprint density at radius 1 is 1.28 bits per heavy atom. The fourth-order valence-electron chi connectivity index (χ4n) is 2.87. The highest BCUT2D eigenvalue weighted by Crippen LogP contribution is 2.14. The van der Waals surface area contributed by atoms with E-state index in [9.17, 15) is 9.90 Å². The van der Waals surface area contributed by atoms with Crippen molar-refractivity contribution in [1.29, 1.82) is 0 Å². The molecule has 0 atom stereocenters. The molecule has 0 saturated carbocycles. The van der Waals surface area contributed by atoms with Crippen LogP contribution in [0.1, 0.15) is 11.1 Å². The van der Waals surface area contributed by atoms with Crippen molar-refractivity contribution in [1.82, 2.24) is 9.55 Å². The molecule has 3 heterocycles. The van der Waals surface area contributed by atoms with Crippen molar-refractivity contribution >= 4 is 11.0 Å². The van der Waals surface area contributed by atoms with Gasteiger partial charge in [-0.3, -0.25) is 0 Å². The number of pyridine rings is 1. The Balaban J connectivity index is 1.94. The maximum absolute atomic E-state index is 12.8. The van der Waals surface area contributed by atoms with E-state index >= 15 is 0 Å². The standard InChI is InChI=1S/C17H16N5O3/c1-25-13-4-2-11(3-5-13)8-21-15-14(6-12(9-23)7-18-15)16-19-10-20-22(16)17(21)24/h2-7,23H,8-10H2,1H3/q+1. The first-order valence-corrected chi connectivity index (χ1v) is 7.78. The highest BCUT2D eigenvalue weighted by atomic mass is 16.5. The van der Waals surface area contributed by atoms with Gasteiger partial charge in [0.05, 0.1) is 20.3 Å². The summed E-state index contributed by atoms with van der Waals surface area (Å²) in [5, 5.41) is 14.2. The lowest BCUT2D eigenvalue weighted by atomic mass is 10.2. The number of rotatable bonds is 4. The fourth-order valence-corrected chi connectivity index (χ4v) is 2.87. The molecule has 1 aliphatic rings. The fraction of sp³-hybridized carbons (Fsp3) is 0.235. The summed E-state index contributed by atoms with van der Waals surface area (Å²) < 4.78 is 8.03. The van der Waals surface area contributed by atoms with Crippen LogP contribution in [0, 0.1) is 0 Å². The number of ether oxygens (including phenoxy) is 1.